The topological polar surface area (TPSA) is 80.5 Å². The Balaban J connectivity index is 2.40. The number of rotatable bonds is 2. The highest BCUT2D eigenvalue weighted by Crippen LogP contribution is 2.16. The molecule has 1 aromatic rings. The molecular weight excluding hydrogens is 184 g/mol. The molecule has 72 valence electrons. The van der Waals surface area contributed by atoms with Crippen LogP contribution in [0.25, 0.3) is 0 Å². The number of hydrazine groups is 1. The molecule has 0 fully saturated rings. The maximum absolute atomic E-state index is 11.0. The predicted octanol–water partition coefficient (Wildman–Crippen LogP) is -0.0921. The van der Waals surface area contributed by atoms with E-state index in [9.17, 15) is 4.79 Å². The first-order chi connectivity index (χ1) is 6.79. The third-order valence-corrected chi connectivity index (χ3v) is 1.71. The number of carbonyl (C=O) groups excluding carboxylic acids is 1. The summed E-state index contributed by atoms with van der Waals surface area (Å²) in [5, 5.41) is 1.46. The van der Waals surface area contributed by atoms with Gasteiger partial charge in [-0.2, -0.15) is 0 Å². The summed E-state index contributed by atoms with van der Waals surface area (Å²) in [5.74, 6) is -0.121. The summed E-state index contributed by atoms with van der Waals surface area (Å²) in [7, 11) is 0. The zero-order valence-corrected chi connectivity index (χ0v) is 7.18. The Labute approximate surface area is 79.9 Å². The third kappa shape index (κ3) is 1.38. The van der Waals surface area contributed by atoms with Crippen LogP contribution in [-0.4, -0.2) is 10.9 Å². The van der Waals surface area contributed by atoms with Crippen molar-refractivity contribution in [1.29, 1.82) is 0 Å². The van der Waals surface area contributed by atoms with Crippen LogP contribution in [0.4, 0.5) is 5.82 Å². The van der Waals surface area contributed by atoms with Gasteiger partial charge in [0.25, 0.3) is 5.91 Å². The van der Waals surface area contributed by atoms with Crippen molar-refractivity contribution >= 4 is 11.7 Å². The average Bonchev–Trinajstić information content (AvgIpc) is 2.70. The molecule has 0 radical (unpaired) electrons. The van der Waals surface area contributed by atoms with Gasteiger partial charge >= 0.3 is 0 Å². The van der Waals surface area contributed by atoms with Crippen molar-refractivity contribution in [2.75, 3.05) is 5.01 Å². The molecule has 6 nitrogen and oxygen atoms in total. The normalized spacial score (nSPS) is 14.1. The number of nitrogens with zero attached hydrogens (tertiary/aromatic N) is 2. The van der Waals surface area contributed by atoms with Crippen molar-refractivity contribution in [2.45, 2.75) is 0 Å². The van der Waals surface area contributed by atoms with E-state index in [1.807, 2.05) is 0 Å². The van der Waals surface area contributed by atoms with E-state index >= 15 is 0 Å². The number of carbonyl (C=O) groups is 1. The van der Waals surface area contributed by atoms with Gasteiger partial charge in [0.05, 0.1) is 11.8 Å². The van der Waals surface area contributed by atoms with E-state index in [1.165, 1.54) is 11.3 Å². The van der Waals surface area contributed by atoms with Crippen LogP contribution in [0.2, 0.25) is 0 Å². The van der Waals surface area contributed by atoms with Crippen LogP contribution in [0, 0.1) is 0 Å². The zero-order valence-electron chi connectivity index (χ0n) is 7.18. The van der Waals surface area contributed by atoms with Gasteiger partial charge in [0.2, 0.25) is 0 Å². The van der Waals surface area contributed by atoms with Gasteiger partial charge < -0.3 is 10.6 Å². The molecule has 2 heterocycles. The summed E-state index contributed by atoms with van der Waals surface area (Å²) in [5.41, 5.74) is 8.03. The molecule has 14 heavy (non-hydrogen) atoms. The molecule has 0 atom stereocenters. The maximum Gasteiger partial charge on any atom is 0.252 e. The summed E-state index contributed by atoms with van der Waals surface area (Å²) in [6, 6.07) is 3.24. The zero-order chi connectivity index (χ0) is 9.97. The van der Waals surface area contributed by atoms with Gasteiger partial charge in [-0.05, 0) is 12.1 Å². The highest BCUT2D eigenvalue weighted by molar-refractivity contribution is 5.97. The molecule has 2 rings (SSSR count). The molecule has 0 aromatic carbocycles. The smallest absolute Gasteiger partial charge is 0.252 e. The second-order valence-electron chi connectivity index (χ2n) is 2.60. The minimum atomic E-state index is -0.532. The molecular formula is C8H8N4O2. The fourth-order valence-electron chi connectivity index (χ4n) is 1.10. The summed E-state index contributed by atoms with van der Waals surface area (Å²) in [6.45, 7) is 0. The lowest BCUT2D eigenvalue weighted by molar-refractivity contribution is 0.0999. The van der Waals surface area contributed by atoms with Crippen molar-refractivity contribution in [3.8, 4) is 0 Å². The van der Waals surface area contributed by atoms with E-state index in [1.54, 1.807) is 24.5 Å². The summed E-state index contributed by atoms with van der Waals surface area (Å²) < 4.78 is 0. The Hall–Kier alpha value is -2.08. The number of nitrogens with two attached hydrogens (primary N) is 1. The van der Waals surface area contributed by atoms with Crippen LogP contribution in [0.3, 0.4) is 0 Å². The van der Waals surface area contributed by atoms with Crippen molar-refractivity contribution in [3.05, 3.63) is 36.4 Å². The average molecular weight is 192 g/mol. The number of amides is 1. The van der Waals surface area contributed by atoms with Gasteiger partial charge in [-0.1, -0.05) is 5.59 Å². The largest absolute Gasteiger partial charge is 0.395 e. The third-order valence-electron chi connectivity index (χ3n) is 1.71. The number of aromatic nitrogens is 1. The van der Waals surface area contributed by atoms with Crippen LogP contribution < -0.4 is 16.3 Å². The molecule has 0 aliphatic carbocycles. The van der Waals surface area contributed by atoms with E-state index < -0.39 is 5.91 Å². The first-order valence-corrected chi connectivity index (χ1v) is 3.91. The number of primary amides is 1. The Kier molecular flexibility index (Phi) is 2.04. The molecule has 1 aliphatic rings. The number of hydrogen-bond donors (Lipinski definition) is 2. The Morgan fingerprint density at radius 3 is 3.14 bits per heavy atom. The highest BCUT2D eigenvalue weighted by Gasteiger charge is 2.16. The molecule has 0 saturated carbocycles. The number of nitrogens with one attached hydrogen (secondary N) is 1. The van der Waals surface area contributed by atoms with Crippen molar-refractivity contribution in [3.63, 3.8) is 0 Å². The fraction of sp³-hybridized carbons (Fsp3) is 0. The van der Waals surface area contributed by atoms with E-state index in [0.29, 0.717) is 11.4 Å². The van der Waals surface area contributed by atoms with Gasteiger partial charge in [-0.3, -0.25) is 4.79 Å². The first kappa shape index (κ1) is 8.52. The van der Waals surface area contributed by atoms with Crippen molar-refractivity contribution < 1.29 is 9.63 Å². The van der Waals surface area contributed by atoms with E-state index in [0.717, 1.165) is 0 Å². The van der Waals surface area contributed by atoms with Gasteiger partial charge in [0.15, 0.2) is 5.82 Å². The van der Waals surface area contributed by atoms with Crippen LogP contribution in [0.5, 0.6) is 0 Å². The van der Waals surface area contributed by atoms with Crippen molar-refractivity contribution in [1.82, 2.24) is 10.6 Å². The standard InChI is InChI=1S/C8H8N4O2/c9-7(13)6-2-1-3-10-8(6)12-4-5-14-11-12/h1-5,11H,(H2,9,13). The maximum atomic E-state index is 11.0. The minimum Gasteiger partial charge on any atom is -0.395 e. The molecule has 1 aromatic heterocycles. The minimum absolute atomic E-state index is 0.329. The number of anilines is 1. The van der Waals surface area contributed by atoms with Crippen LogP contribution >= 0.6 is 0 Å². The Morgan fingerprint density at radius 2 is 2.50 bits per heavy atom. The lowest BCUT2D eigenvalue weighted by atomic mass is 10.2. The Bertz CT molecular complexity index is 391. The quantitative estimate of drug-likeness (QED) is 0.684. The van der Waals surface area contributed by atoms with Crippen molar-refractivity contribution in [2.24, 2.45) is 5.73 Å². The van der Waals surface area contributed by atoms with E-state index in [2.05, 4.69) is 10.6 Å². The van der Waals surface area contributed by atoms with Crippen LogP contribution in [0.1, 0.15) is 10.4 Å². The van der Waals surface area contributed by atoms with E-state index in [4.69, 9.17) is 10.6 Å². The predicted molar refractivity (Wildman–Crippen MR) is 48.6 cm³/mol. The molecule has 6 heteroatoms. The molecule has 1 amide bonds. The number of hydrogen-bond acceptors (Lipinski definition) is 5. The molecule has 0 spiro atoms. The number of pyridine rings is 1. The molecule has 1 aliphatic heterocycles. The lowest BCUT2D eigenvalue weighted by Gasteiger charge is -2.14. The van der Waals surface area contributed by atoms with Crippen LogP contribution in [0.15, 0.2) is 30.8 Å². The molecule has 0 unspecified atom stereocenters. The summed E-state index contributed by atoms with van der Waals surface area (Å²) >= 11 is 0. The van der Waals surface area contributed by atoms with Crippen LogP contribution in [-0.2, 0) is 4.84 Å². The monoisotopic (exact) mass is 192 g/mol. The lowest BCUT2D eigenvalue weighted by Crippen LogP contribution is -2.30. The second-order valence-corrected chi connectivity index (χ2v) is 2.60. The van der Waals surface area contributed by atoms with Gasteiger partial charge in [-0.25, -0.2) is 9.99 Å². The fourth-order valence-corrected chi connectivity index (χ4v) is 1.10. The van der Waals surface area contributed by atoms with Gasteiger partial charge in [-0.15, -0.1) is 0 Å². The summed E-state index contributed by atoms with van der Waals surface area (Å²) in [4.78, 5) is 19.8. The van der Waals surface area contributed by atoms with E-state index in [-0.39, 0.29) is 0 Å². The highest BCUT2D eigenvalue weighted by atomic mass is 16.7. The summed E-state index contributed by atoms with van der Waals surface area (Å²) in [6.07, 6.45) is 4.59. The van der Waals surface area contributed by atoms with Gasteiger partial charge in [0, 0.05) is 6.20 Å². The Morgan fingerprint density at radius 1 is 1.64 bits per heavy atom. The second kappa shape index (κ2) is 3.35. The first-order valence-electron chi connectivity index (χ1n) is 3.91. The molecule has 0 bridgehead atoms. The SMILES string of the molecule is NC(=O)c1cccnc1N1C=CON1. The molecule has 0 saturated heterocycles. The molecule has 3 N–H and O–H groups in total. The van der Waals surface area contributed by atoms with Gasteiger partial charge in [0.1, 0.15) is 6.26 Å².